The van der Waals surface area contributed by atoms with Crippen molar-refractivity contribution in [3.05, 3.63) is 59.7 Å². The van der Waals surface area contributed by atoms with Gasteiger partial charge in [0.15, 0.2) is 0 Å². The number of nitrogens with two attached hydrogens (primary N) is 1. The Morgan fingerprint density at radius 1 is 1.09 bits per heavy atom. The van der Waals surface area contributed by atoms with Crippen molar-refractivity contribution in [3.8, 4) is 5.75 Å². The van der Waals surface area contributed by atoms with Crippen molar-refractivity contribution >= 4 is 17.6 Å². The summed E-state index contributed by atoms with van der Waals surface area (Å²) in [7, 11) is 3.35. The second kappa shape index (κ2) is 7.31. The number of nitrogens with one attached hydrogen (secondary N) is 1. The van der Waals surface area contributed by atoms with E-state index in [0.29, 0.717) is 17.8 Å². The number of methoxy groups -OCH3 is 1. The highest BCUT2D eigenvalue weighted by Gasteiger charge is 2.12. The number of anilines is 1. The lowest BCUT2D eigenvalue weighted by Gasteiger charge is -2.17. The van der Waals surface area contributed by atoms with E-state index in [2.05, 4.69) is 5.32 Å². The van der Waals surface area contributed by atoms with Gasteiger partial charge in [-0.25, -0.2) is 4.79 Å². The van der Waals surface area contributed by atoms with E-state index in [1.807, 2.05) is 24.3 Å². The van der Waals surface area contributed by atoms with E-state index < -0.39 is 6.03 Å². The SMILES string of the molecule is COc1ccc(CN(C)C(=O)c2ccc(NC(N)=O)cc2)cc1. The van der Waals surface area contributed by atoms with Crippen LogP contribution in [-0.4, -0.2) is 31.0 Å². The molecule has 0 aliphatic rings. The standard InChI is InChI=1S/C17H19N3O3/c1-20(11-12-3-9-15(23-2)10-4-12)16(21)13-5-7-14(8-6-13)19-17(18)22/h3-10H,11H2,1-2H3,(H3,18,19,22). The average Bonchev–Trinajstić information content (AvgIpc) is 2.55. The summed E-state index contributed by atoms with van der Waals surface area (Å²) in [6, 6.07) is 13.5. The quantitative estimate of drug-likeness (QED) is 0.889. The molecular formula is C17H19N3O3. The van der Waals surface area contributed by atoms with E-state index in [4.69, 9.17) is 10.5 Å². The first kappa shape index (κ1) is 16.4. The van der Waals surface area contributed by atoms with Crippen LogP contribution in [0.1, 0.15) is 15.9 Å². The second-order valence-electron chi connectivity index (χ2n) is 5.08. The molecule has 2 aromatic carbocycles. The van der Waals surface area contributed by atoms with Crippen molar-refractivity contribution in [1.82, 2.24) is 4.90 Å². The maximum absolute atomic E-state index is 12.4. The summed E-state index contributed by atoms with van der Waals surface area (Å²) in [5.41, 5.74) is 7.14. The predicted molar refractivity (Wildman–Crippen MR) is 88.4 cm³/mol. The Hall–Kier alpha value is -3.02. The van der Waals surface area contributed by atoms with Gasteiger partial charge < -0.3 is 20.7 Å². The van der Waals surface area contributed by atoms with Crippen LogP contribution in [0, 0.1) is 0 Å². The molecule has 3 N–H and O–H groups in total. The van der Waals surface area contributed by atoms with E-state index in [0.717, 1.165) is 11.3 Å². The van der Waals surface area contributed by atoms with Crippen molar-refractivity contribution in [3.63, 3.8) is 0 Å². The average molecular weight is 313 g/mol. The molecule has 23 heavy (non-hydrogen) atoms. The largest absolute Gasteiger partial charge is 0.497 e. The van der Waals surface area contributed by atoms with Crippen molar-refractivity contribution in [2.45, 2.75) is 6.54 Å². The maximum Gasteiger partial charge on any atom is 0.316 e. The van der Waals surface area contributed by atoms with Gasteiger partial charge in [0.25, 0.3) is 5.91 Å². The van der Waals surface area contributed by atoms with E-state index >= 15 is 0 Å². The number of amides is 3. The molecule has 0 heterocycles. The van der Waals surface area contributed by atoms with E-state index in [1.54, 1.807) is 43.3 Å². The van der Waals surface area contributed by atoms with Crippen LogP contribution in [-0.2, 0) is 6.54 Å². The number of nitrogens with zero attached hydrogens (tertiary/aromatic N) is 1. The fourth-order valence-electron chi connectivity index (χ4n) is 2.14. The Morgan fingerprint density at radius 2 is 1.70 bits per heavy atom. The zero-order valence-electron chi connectivity index (χ0n) is 13.1. The highest BCUT2D eigenvalue weighted by Crippen LogP contribution is 2.15. The minimum absolute atomic E-state index is 0.105. The van der Waals surface area contributed by atoms with Crippen molar-refractivity contribution in [1.29, 1.82) is 0 Å². The number of hydrogen-bond donors (Lipinski definition) is 2. The van der Waals surface area contributed by atoms with Crippen LogP contribution in [0.2, 0.25) is 0 Å². The van der Waals surface area contributed by atoms with Gasteiger partial charge in [-0.3, -0.25) is 4.79 Å². The van der Waals surface area contributed by atoms with Crippen LogP contribution >= 0.6 is 0 Å². The van der Waals surface area contributed by atoms with Crippen LogP contribution in [0.3, 0.4) is 0 Å². The number of hydrogen-bond acceptors (Lipinski definition) is 3. The summed E-state index contributed by atoms with van der Waals surface area (Å²) in [6.45, 7) is 0.490. The van der Waals surface area contributed by atoms with Gasteiger partial charge in [0.1, 0.15) is 5.75 Å². The smallest absolute Gasteiger partial charge is 0.316 e. The number of urea groups is 1. The number of primary amides is 1. The Balaban J connectivity index is 2.02. The molecule has 2 aromatic rings. The molecule has 0 radical (unpaired) electrons. The first-order valence-electron chi connectivity index (χ1n) is 7.04. The molecule has 0 aromatic heterocycles. The molecule has 0 saturated carbocycles. The molecule has 6 nitrogen and oxygen atoms in total. The first-order valence-corrected chi connectivity index (χ1v) is 7.04. The summed E-state index contributed by atoms with van der Waals surface area (Å²) in [5, 5.41) is 2.45. The minimum atomic E-state index is -0.638. The molecule has 0 atom stereocenters. The third-order valence-electron chi connectivity index (χ3n) is 3.32. The Kier molecular flexibility index (Phi) is 5.19. The molecule has 0 unspecified atom stereocenters. The monoisotopic (exact) mass is 313 g/mol. The third kappa shape index (κ3) is 4.47. The molecule has 2 rings (SSSR count). The van der Waals surface area contributed by atoms with E-state index in [-0.39, 0.29) is 5.91 Å². The molecule has 0 bridgehead atoms. The number of benzene rings is 2. The Morgan fingerprint density at radius 3 is 2.22 bits per heavy atom. The van der Waals surface area contributed by atoms with Crippen LogP contribution in [0.15, 0.2) is 48.5 Å². The Bertz CT molecular complexity index is 681. The predicted octanol–water partition coefficient (Wildman–Crippen LogP) is 2.46. The van der Waals surface area contributed by atoms with Crippen molar-refractivity contribution in [2.24, 2.45) is 5.73 Å². The van der Waals surface area contributed by atoms with Crippen LogP contribution in [0.25, 0.3) is 0 Å². The van der Waals surface area contributed by atoms with Crippen molar-refractivity contribution < 1.29 is 14.3 Å². The number of ether oxygens (including phenoxy) is 1. The van der Waals surface area contributed by atoms with E-state index in [1.165, 1.54) is 0 Å². The van der Waals surface area contributed by atoms with E-state index in [9.17, 15) is 9.59 Å². The van der Waals surface area contributed by atoms with Gasteiger partial charge in [0, 0.05) is 24.8 Å². The second-order valence-corrected chi connectivity index (χ2v) is 5.08. The minimum Gasteiger partial charge on any atom is -0.497 e. The molecule has 0 aliphatic carbocycles. The van der Waals surface area contributed by atoms with Gasteiger partial charge in [-0.1, -0.05) is 12.1 Å². The van der Waals surface area contributed by atoms with Crippen LogP contribution < -0.4 is 15.8 Å². The summed E-state index contributed by atoms with van der Waals surface area (Å²) < 4.78 is 5.11. The lowest BCUT2D eigenvalue weighted by molar-refractivity contribution is 0.0785. The normalized spacial score (nSPS) is 10.0. The fourth-order valence-corrected chi connectivity index (χ4v) is 2.14. The number of carbonyl (C=O) groups excluding carboxylic acids is 2. The molecule has 0 spiro atoms. The molecule has 0 saturated heterocycles. The van der Waals surface area contributed by atoms with Gasteiger partial charge in [0.2, 0.25) is 0 Å². The molecule has 3 amide bonds. The van der Waals surface area contributed by atoms with Gasteiger partial charge in [-0.2, -0.15) is 0 Å². The van der Waals surface area contributed by atoms with Gasteiger partial charge in [0.05, 0.1) is 7.11 Å². The summed E-state index contributed by atoms with van der Waals surface area (Å²) in [4.78, 5) is 24.8. The topological polar surface area (TPSA) is 84.7 Å². The summed E-state index contributed by atoms with van der Waals surface area (Å²) in [6.07, 6.45) is 0. The zero-order valence-corrected chi connectivity index (χ0v) is 13.1. The highest BCUT2D eigenvalue weighted by molar-refractivity contribution is 5.95. The third-order valence-corrected chi connectivity index (χ3v) is 3.32. The number of carbonyl (C=O) groups is 2. The van der Waals surface area contributed by atoms with Gasteiger partial charge in [-0.05, 0) is 42.0 Å². The fraction of sp³-hybridized carbons (Fsp3) is 0.176. The maximum atomic E-state index is 12.4. The van der Waals surface area contributed by atoms with Crippen LogP contribution in [0.5, 0.6) is 5.75 Å². The number of rotatable bonds is 5. The summed E-state index contributed by atoms with van der Waals surface area (Å²) >= 11 is 0. The molecular weight excluding hydrogens is 294 g/mol. The zero-order chi connectivity index (χ0) is 16.8. The molecule has 0 fully saturated rings. The molecule has 120 valence electrons. The van der Waals surface area contributed by atoms with Crippen LogP contribution in [0.4, 0.5) is 10.5 Å². The lowest BCUT2D eigenvalue weighted by Crippen LogP contribution is -2.26. The Labute approximate surface area is 134 Å². The summed E-state index contributed by atoms with van der Waals surface area (Å²) in [5.74, 6) is 0.673. The highest BCUT2D eigenvalue weighted by atomic mass is 16.5. The molecule has 0 aliphatic heterocycles. The van der Waals surface area contributed by atoms with Crippen molar-refractivity contribution in [2.75, 3.05) is 19.5 Å². The van der Waals surface area contributed by atoms with Gasteiger partial charge in [-0.15, -0.1) is 0 Å². The van der Waals surface area contributed by atoms with Gasteiger partial charge >= 0.3 is 6.03 Å². The first-order chi connectivity index (χ1) is 11.0. The molecule has 6 heteroatoms. The lowest BCUT2D eigenvalue weighted by atomic mass is 10.1.